The standard InChI is InChI=1S/C19H20ClN3O2/c20-14-5-3-13(4-6-14)19-16-2-1-9-22(16)10-11-23(19)18(25)12-17(24)21-15-7-8-15/h1-6,9,15,19H,7-8,10-12H2,(H,21,24)/t19-/m1/s1. The Hall–Kier alpha value is -2.27. The number of hydrogen-bond acceptors (Lipinski definition) is 2. The van der Waals surface area contributed by atoms with Crippen molar-refractivity contribution in [2.75, 3.05) is 6.54 Å². The molecule has 0 saturated heterocycles. The molecule has 1 N–H and O–H groups in total. The molecule has 5 nitrogen and oxygen atoms in total. The number of hydrogen-bond donors (Lipinski definition) is 1. The van der Waals surface area contributed by atoms with Gasteiger partial charge in [-0.15, -0.1) is 0 Å². The van der Waals surface area contributed by atoms with Gasteiger partial charge in [-0.1, -0.05) is 23.7 Å². The van der Waals surface area contributed by atoms with Gasteiger partial charge < -0.3 is 14.8 Å². The zero-order valence-corrected chi connectivity index (χ0v) is 14.6. The maximum Gasteiger partial charge on any atom is 0.232 e. The van der Waals surface area contributed by atoms with Crippen LogP contribution in [0.1, 0.15) is 36.6 Å². The molecule has 6 heteroatoms. The molecule has 130 valence electrons. The number of halogens is 1. The number of aromatic nitrogens is 1. The highest BCUT2D eigenvalue weighted by atomic mass is 35.5. The molecule has 25 heavy (non-hydrogen) atoms. The molecule has 1 aromatic carbocycles. The van der Waals surface area contributed by atoms with Crippen molar-refractivity contribution in [2.45, 2.75) is 37.9 Å². The molecule has 2 amide bonds. The van der Waals surface area contributed by atoms with Crippen molar-refractivity contribution in [1.82, 2.24) is 14.8 Å². The Labute approximate surface area is 151 Å². The van der Waals surface area contributed by atoms with Crippen LogP contribution in [0.5, 0.6) is 0 Å². The Kier molecular flexibility index (Phi) is 4.25. The van der Waals surface area contributed by atoms with Crippen molar-refractivity contribution in [1.29, 1.82) is 0 Å². The fourth-order valence-corrected chi connectivity index (χ4v) is 3.52. The maximum atomic E-state index is 12.8. The van der Waals surface area contributed by atoms with Crippen LogP contribution in [0.25, 0.3) is 0 Å². The van der Waals surface area contributed by atoms with Gasteiger partial charge >= 0.3 is 0 Å². The van der Waals surface area contributed by atoms with Crippen LogP contribution < -0.4 is 5.32 Å². The first kappa shape index (κ1) is 16.2. The summed E-state index contributed by atoms with van der Waals surface area (Å²) in [5, 5.41) is 3.55. The topological polar surface area (TPSA) is 54.3 Å². The molecule has 2 heterocycles. The molecule has 1 aliphatic heterocycles. The Morgan fingerprint density at radius 3 is 2.60 bits per heavy atom. The van der Waals surface area contributed by atoms with Crippen LogP contribution in [0.4, 0.5) is 0 Å². The van der Waals surface area contributed by atoms with Gasteiger partial charge in [-0.25, -0.2) is 0 Å². The van der Waals surface area contributed by atoms with Gasteiger partial charge in [-0.2, -0.15) is 0 Å². The van der Waals surface area contributed by atoms with Crippen molar-refractivity contribution in [3.8, 4) is 0 Å². The fraction of sp³-hybridized carbons (Fsp3) is 0.368. The Balaban J connectivity index is 1.59. The minimum atomic E-state index is -0.192. The summed E-state index contributed by atoms with van der Waals surface area (Å²) in [4.78, 5) is 26.7. The van der Waals surface area contributed by atoms with E-state index in [2.05, 4.69) is 9.88 Å². The minimum Gasteiger partial charge on any atom is -0.353 e. The lowest BCUT2D eigenvalue weighted by atomic mass is 9.99. The second-order valence-corrected chi connectivity index (χ2v) is 7.12. The number of nitrogens with one attached hydrogen (secondary N) is 1. The van der Waals surface area contributed by atoms with E-state index in [1.807, 2.05) is 47.5 Å². The molecule has 0 spiro atoms. The lowest BCUT2D eigenvalue weighted by Crippen LogP contribution is -2.44. The van der Waals surface area contributed by atoms with E-state index in [4.69, 9.17) is 11.6 Å². The predicted molar refractivity (Wildman–Crippen MR) is 95.2 cm³/mol. The number of benzene rings is 1. The third-order valence-corrected chi connectivity index (χ3v) is 5.05. The zero-order chi connectivity index (χ0) is 17.4. The van der Waals surface area contributed by atoms with Gasteiger partial charge in [-0.3, -0.25) is 9.59 Å². The summed E-state index contributed by atoms with van der Waals surface area (Å²) < 4.78 is 2.16. The van der Waals surface area contributed by atoms with E-state index in [-0.39, 0.29) is 30.3 Å². The highest BCUT2D eigenvalue weighted by Crippen LogP contribution is 2.33. The molecule has 4 rings (SSSR count). The van der Waals surface area contributed by atoms with Crippen molar-refractivity contribution >= 4 is 23.4 Å². The third-order valence-electron chi connectivity index (χ3n) is 4.80. The molecule has 0 radical (unpaired) electrons. The number of carbonyl (C=O) groups is 2. The quantitative estimate of drug-likeness (QED) is 0.855. The Morgan fingerprint density at radius 2 is 1.88 bits per heavy atom. The molecule has 1 aliphatic carbocycles. The number of nitrogens with zero attached hydrogens (tertiary/aromatic N) is 2. The van der Waals surface area contributed by atoms with Gasteiger partial charge in [0.2, 0.25) is 11.8 Å². The first-order valence-corrected chi connectivity index (χ1v) is 8.99. The van der Waals surface area contributed by atoms with Crippen LogP contribution in [-0.4, -0.2) is 33.9 Å². The van der Waals surface area contributed by atoms with Crippen LogP contribution in [0.3, 0.4) is 0 Å². The van der Waals surface area contributed by atoms with E-state index in [1.165, 1.54) is 0 Å². The average Bonchev–Trinajstić information content (AvgIpc) is 3.27. The summed E-state index contributed by atoms with van der Waals surface area (Å²) in [6.07, 6.45) is 3.97. The van der Waals surface area contributed by atoms with E-state index in [9.17, 15) is 9.59 Å². The van der Waals surface area contributed by atoms with Gasteiger partial charge in [0.15, 0.2) is 0 Å². The van der Waals surface area contributed by atoms with Crippen molar-refractivity contribution in [3.63, 3.8) is 0 Å². The van der Waals surface area contributed by atoms with Crippen molar-refractivity contribution in [2.24, 2.45) is 0 Å². The monoisotopic (exact) mass is 357 g/mol. The normalized spacial score (nSPS) is 19.4. The largest absolute Gasteiger partial charge is 0.353 e. The molecular formula is C19H20ClN3O2. The summed E-state index contributed by atoms with van der Waals surface area (Å²) in [6, 6.07) is 11.7. The summed E-state index contributed by atoms with van der Waals surface area (Å²) in [5.74, 6) is -0.311. The highest BCUT2D eigenvalue weighted by Gasteiger charge is 2.33. The van der Waals surface area contributed by atoms with E-state index in [0.717, 1.165) is 30.6 Å². The van der Waals surface area contributed by atoms with E-state index < -0.39 is 0 Å². The number of amides is 2. The Morgan fingerprint density at radius 1 is 1.12 bits per heavy atom. The third kappa shape index (κ3) is 3.42. The molecule has 2 aromatic rings. The summed E-state index contributed by atoms with van der Waals surface area (Å²) >= 11 is 6.01. The molecule has 2 aliphatic rings. The molecule has 1 atom stereocenters. The highest BCUT2D eigenvalue weighted by molar-refractivity contribution is 6.30. The van der Waals surface area contributed by atoms with Gasteiger partial charge in [-0.05, 0) is 42.7 Å². The summed E-state index contributed by atoms with van der Waals surface area (Å²) in [7, 11) is 0. The van der Waals surface area contributed by atoms with E-state index in [1.54, 1.807) is 0 Å². The first-order chi connectivity index (χ1) is 12.1. The molecule has 0 unspecified atom stereocenters. The zero-order valence-electron chi connectivity index (χ0n) is 13.8. The molecule has 1 saturated carbocycles. The maximum absolute atomic E-state index is 12.8. The van der Waals surface area contributed by atoms with Crippen LogP contribution in [0.2, 0.25) is 5.02 Å². The average molecular weight is 358 g/mol. The van der Waals surface area contributed by atoms with Gasteiger partial charge in [0.05, 0.1) is 6.04 Å². The molecular weight excluding hydrogens is 338 g/mol. The van der Waals surface area contributed by atoms with Crippen molar-refractivity contribution < 1.29 is 9.59 Å². The lowest BCUT2D eigenvalue weighted by molar-refractivity contribution is -0.138. The lowest BCUT2D eigenvalue weighted by Gasteiger charge is -2.37. The second kappa shape index (κ2) is 6.56. The molecule has 1 aromatic heterocycles. The number of rotatable bonds is 4. The molecule has 0 bridgehead atoms. The predicted octanol–water partition coefficient (Wildman–Crippen LogP) is 2.74. The SMILES string of the molecule is O=C(CC(=O)N1CCn2cccc2[C@H]1c1ccc(Cl)cc1)NC1CC1. The summed E-state index contributed by atoms with van der Waals surface area (Å²) in [5.41, 5.74) is 2.06. The number of carbonyl (C=O) groups excluding carboxylic acids is 2. The van der Waals surface area contributed by atoms with E-state index >= 15 is 0 Å². The summed E-state index contributed by atoms with van der Waals surface area (Å²) in [6.45, 7) is 1.33. The smallest absolute Gasteiger partial charge is 0.232 e. The van der Waals surface area contributed by atoms with Gasteiger partial charge in [0.25, 0.3) is 0 Å². The van der Waals surface area contributed by atoms with Gasteiger partial charge in [0, 0.05) is 36.0 Å². The van der Waals surface area contributed by atoms with Crippen LogP contribution in [0, 0.1) is 0 Å². The minimum absolute atomic E-state index is 0.0959. The van der Waals surface area contributed by atoms with E-state index in [0.29, 0.717) is 11.6 Å². The van der Waals surface area contributed by atoms with Crippen LogP contribution >= 0.6 is 11.6 Å². The Bertz CT molecular complexity index is 795. The molecule has 1 fully saturated rings. The van der Waals surface area contributed by atoms with Crippen LogP contribution in [0.15, 0.2) is 42.6 Å². The number of fused-ring (bicyclic) bond motifs is 1. The second-order valence-electron chi connectivity index (χ2n) is 6.69. The fourth-order valence-electron chi connectivity index (χ4n) is 3.39. The van der Waals surface area contributed by atoms with Crippen LogP contribution in [-0.2, 0) is 16.1 Å². The first-order valence-electron chi connectivity index (χ1n) is 8.61. The van der Waals surface area contributed by atoms with Gasteiger partial charge in [0.1, 0.15) is 6.42 Å². The van der Waals surface area contributed by atoms with Crippen molar-refractivity contribution in [3.05, 3.63) is 58.9 Å².